The van der Waals surface area contributed by atoms with Crippen LogP contribution in [-0.4, -0.2) is 22.8 Å². The number of methoxy groups -OCH3 is 1. The van der Waals surface area contributed by atoms with Crippen molar-refractivity contribution in [2.24, 2.45) is 13.0 Å². The normalized spacial score (nSPS) is 19.7. The van der Waals surface area contributed by atoms with Crippen molar-refractivity contribution in [3.05, 3.63) is 41.2 Å². The van der Waals surface area contributed by atoms with Crippen LogP contribution in [-0.2, 0) is 24.7 Å². The monoisotopic (exact) mass is 325 g/mol. The standard InChI is InChI=1S/C19H23N3O2/c1-22-18(12-3-4-12)17(11-20-22)21-19(23)15-6-5-14-10-16(24-2)8-7-13(14)9-15/h7-8,10-12,15H,3-6,9H2,1-2H3,(H,21,23). The summed E-state index contributed by atoms with van der Waals surface area (Å²) in [5, 5.41) is 7.45. The fourth-order valence-electron chi connectivity index (χ4n) is 3.70. The average Bonchev–Trinajstić information content (AvgIpc) is 3.37. The zero-order valence-corrected chi connectivity index (χ0v) is 14.2. The van der Waals surface area contributed by atoms with E-state index < -0.39 is 0 Å². The summed E-state index contributed by atoms with van der Waals surface area (Å²) in [5.74, 6) is 1.60. The Morgan fingerprint density at radius 1 is 1.29 bits per heavy atom. The molecule has 1 fully saturated rings. The zero-order valence-electron chi connectivity index (χ0n) is 14.2. The summed E-state index contributed by atoms with van der Waals surface area (Å²) < 4.78 is 7.19. The van der Waals surface area contributed by atoms with Crippen LogP contribution in [0.5, 0.6) is 5.75 Å². The van der Waals surface area contributed by atoms with Gasteiger partial charge in [-0.25, -0.2) is 0 Å². The number of nitrogens with one attached hydrogen (secondary N) is 1. The van der Waals surface area contributed by atoms with Crippen molar-refractivity contribution in [1.82, 2.24) is 9.78 Å². The number of nitrogens with zero attached hydrogens (tertiary/aromatic N) is 2. The van der Waals surface area contributed by atoms with Gasteiger partial charge in [0.15, 0.2) is 0 Å². The molecule has 1 aromatic heterocycles. The number of aryl methyl sites for hydroxylation is 2. The number of aromatic nitrogens is 2. The lowest BCUT2D eigenvalue weighted by Gasteiger charge is -2.24. The Bertz CT molecular complexity index is 777. The minimum atomic E-state index is 0.0261. The van der Waals surface area contributed by atoms with E-state index in [1.165, 1.54) is 29.7 Å². The maximum atomic E-state index is 12.7. The quantitative estimate of drug-likeness (QED) is 0.940. The lowest BCUT2D eigenvalue weighted by molar-refractivity contribution is -0.120. The molecule has 2 aliphatic carbocycles. The van der Waals surface area contributed by atoms with Crippen molar-refractivity contribution >= 4 is 11.6 Å². The molecule has 2 aliphatic rings. The van der Waals surface area contributed by atoms with Crippen molar-refractivity contribution in [2.45, 2.75) is 38.0 Å². The molecule has 4 rings (SSSR count). The highest BCUT2D eigenvalue weighted by Gasteiger charge is 2.31. The second kappa shape index (κ2) is 5.96. The van der Waals surface area contributed by atoms with Crippen LogP contribution in [0.1, 0.15) is 42.0 Å². The Kier molecular flexibility index (Phi) is 3.79. The first-order chi connectivity index (χ1) is 11.7. The summed E-state index contributed by atoms with van der Waals surface area (Å²) >= 11 is 0. The first-order valence-electron chi connectivity index (χ1n) is 8.64. The lowest BCUT2D eigenvalue weighted by Crippen LogP contribution is -2.28. The Balaban J connectivity index is 1.48. The summed E-state index contributed by atoms with van der Waals surface area (Å²) in [6.07, 6.45) is 6.78. The minimum absolute atomic E-state index is 0.0261. The van der Waals surface area contributed by atoms with Gasteiger partial charge in [-0.05, 0) is 55.4 Å². The van der Waals surface area contributed by atoms with E-state index in [9.17, 15) is 4.79 Å². The van der Waals surface area contributed by atoms with Crippen LogP contribution in [0.15, 0.2) is 24.4 Å². The zero-order chi connectivity index (χ0) is 16.7. The molecule has 0 spiro atoms. The molecule has 0 radical (unpaired) electrons. The van der Waals surface area contributed by atoms with Crippen LogP contribution < -0.4 is 10.1 Å². The van der Waals surface area contributed by atoms with Crippen LogP contribution >= 0.6 is 0 Å². The molecule has 5 heteroatoms. The van der Waals surface area contributed by atoms with Gasteiger partial charge in [-0.2, -0.15) is 5.10 Å². The van der Waals surface area contributed by atoms with Crippen LogP contribution in [0.2, 0.25) is 0 Å². The van der Waals surface area contributed by atoms with Crippen molar-refractivity contribution in [1.29, 1.82) is 0 Å². The fraction of sp³-hybridized carbons (Fsp3) is 0.474. The van der Waals surface area contributed by atoms with E-state index in [1.54, 1.807) is 13.3 Å². The Morgan fingerprint density at radius 2 is 2.12 bits per heavy atom. The van der Waals surface area contributed by atoms with Gasteiger partial charge in [-0.1, -0.05) is 6.07 Å². The molecule has 1 amide bonds. The highest BCUT2D eigenvalue weighted by atomic mass is 16.5. The number of fused-ring (bicyclic) bond motifs is 1. The summed E-state index contributed by atoms with van der Waals surface area (Å²) in [6.45, 7) is 0. The van der Waals surface area contributed by atoms with E-state index in [4.69, 9.17) is 4.74 Å². The molecule has 2 aromatic rings. The number of rotatable bonds is 4. The van der Waals surface area contributed by atoms with E-state index in [0.717, 1.165) is 30.7 Å². The number of anilines is 1. The number of carbonyl (C=O) groups excluding carboxylic acids is 1. The minimum Gasteiger partial charge on any atom is -0.497 e. The summed E-state index contributed by atoms with van der Waals surface area (Å²) in [5.41, 5.74) is 4.63. The van der Waals surface area contributed by atoms with Gasteiger partial charge in [0, 0.05) is 18.9 Å². The summed E-state index contributed by atoms with van der Waals surface area (Å²) in [6, 6.07) is 6.16. The van der Waals surface area contributed by atoms with Crippen molar-refractivity contribution in [3.63, 3.8) is 0 Å². The molecule has 1 N–H and O–H groups in total. The van der Waals surface area contributed by atoms with Gasteiger partial charge in [0.1, 0.15) is 5.75 Å². The Labute approximate surface area is 142 Å². The first kappa shape index (κ1) is 15.2. The molecule has 126 valence electrons. The number of benzene rings is 1. The second-order valence-corrected chi connectivity index (χ2v) is 6.90. The van der Waals surface area contributed by atoms with Crippen LogP contribution in [0.3, 0.4) is 0 Å². The van der Waals surface area contributed by atoms with E-state index >= 15 is 0 Å². The van der Waals surface area contributed by atoms with Crippen LogP contribution in [0.4, 0.5) is 5.69 Å². The van der Waals surface area contributed by atoms with Gasteiger partial charge in [-0.15, -0.1) is 0 Å². The van der Waals surface area contributed by atoms with Crippen LogP contribution in [0, 0.1) is 5.92 Å². The summed E-state index contributed by atoms with van der Waals surface area (Å²) in [7, 11) is 3.64. The topological polar surface area (TPSA) is 56.1 Å². The Morgan fingerprint density at radius 3 is 2.88 bits per heavy atom. The molecule has 1 saturated carbocycles. The van der Waals surface area contributed by atoms with Gasteiger partial charge >= 0.3 is 0 Å². The molecule has 1 heterocycles. The fourth-order valence-corrected chi connectivity index (χ4v) is 3.70. The largest absolute Gasteiger partial charge is 0.497 e. The van der Waals surface area contributed by atoms with E-state index in [1.807, 2.05) is 17.8 Å². The predicted molar refractivity (Wildman–Crippen MR) is 92.3 cm³/mol. The number of hydrogen-bond donors (Lipinski definition) is 1. The van der Waals surface area contributed by atoms with E-state index in [2.05, 4.69) is 22.5 Å². The van der Waals surface area contributed by atoms with Gasteiger partial charge in [0.05, 0.1) is 24.7 Å². The number of hydrogen-bond acceptors (Lipinski definition) is 3. The molecule has 0 aliphatic heterocycles. The Hall–Kier alpha value is -2.30. The maximum Gasteiger partial charge on any atom is 0.227 e. The van der Waals surface area contributed by atoms with Gasteiger partial charge in [-0.3, -0.25) is 9.48 Å². The molecule has 24 heavy (non-hydrogen) atoms. The maximum absolute atomic E-state index is 12.7. The first-order valence-corrected chi connectivity index (χ1v) is 8.64. The van der Waals surface area contributed by atoms with Gasteiger partial charge in [0.25, 0.3) is 0 Å². The molecular formula is C19H23N3O2. The third-order valence-corrected chi connectivity index (χ3v) is 5.22. The van der Waals surface area contributed by atoms with Gasteiger partial charge in [0.2, 0.25) is 5.91 Å². The third kappa shape index (κ3) is 2.79. The molecule has 5 nitrogen and oxygen atoms in total. The lowest BCUT2D eigenvalue weighted by atomic mass is 9.83. The van der Waals surface area contributed by atoms with E-state index in [-0.39, 0.29) is 11.8 Å². The van der Waals surface area contributed by atoms with Gasteiger partial charge < -0.3 is 10.1 Å². The molecular weight excluding hydrogens is 302 g/mol. The predicted octanol–water partition coefficient (Wildman–Crippen LogP) is 3.05. The average molecular weight is 325 g/mol. The van der Waals surface area contributed by atoms with Crippen molar-refractivity contribution < 1.29 is 9.53 Å². The number of amides is 1. The summed E-state index contributed by atoms with van der Waals surface area (Å²) in [4.78, 5) is 12.7. The number of ether oxygens (including phenoxy) is 1. The molecule has 1 aromatic carbocycles. The third-order valence-electron chi connectivity index (χ3n) is 5.22. The van der Waals surface area contributed by atoms with Crippen molar-refractivity contribution in [2.75, 3.05) is 12.4 Å². The number of carbonyl (C=O) groups is 1. The molecule has 1 unspecified atom stereocenters. The second-order valence-electron chi connectivity index (χ2n) is 6.90. The molecule has 0 saturated heterocycles. The van der Waals surface area contributed by atoms with Crippen LogP contribution in [0.25, 0.3) is 0 Å². The highest BCUT2D eigenvalue weighted by molar-refractivity contribution is 5.93. The molecule has 0 bridgehead atoms. The molecule has 1 atom stereocenters. The smallest absolute Gasteiger partial charge is 0.227 e. The SMILES string of the molecule is COc1ccc2c(c1)CCC(C(=O)Nc1cnn(C)c1C1CC1)C2. The van der Waals surface area contributed by atoms with E-state index in [0.29, 0.717) is 5.92 Å². The highest BCUT2D eigenvalue weighted by Crippen LogP contribution is 2.43. The van der Waals surface area contributed by atoms with Crippen molar-refractivity contribution in [3.8, 4) is 5.75 Å².